The smallest absolute Gasteiger partial charge is 0.163 e. The van der Waals surface area contributed by atoms with Gasteiger partial charge < -0.3 is 9.64 Å². The molecule has 0 radical (unpaired) electrons. The van der Waals surface area contributed by atoms with E-state index in [0.29, 0.717) is 10.6 Å². The van der Waals surface area contributed by atoms with Gasteiger partial charge in [0.2, 0.25) is 0 Å². The second-order valence-corrected chi connectivity index (χ2v) is 7.09. The highest BCUT2D eigenvalue weighted by molar-refractivity contribution is 6.32. The first-order valence-corrected chi connectivity index (χ1v) is 9.52. The van der Waals surface area contributed by atoms with Crippen LogP contribution in [0.25, 0.3) is 10.9 Å². The van der Waals surface area contributed by atoms with E-state index in [9.17, 15) is 5.26 Å². The summed E-state index contributed by atoms with van der Waals surface area (Å²) >= 11 is 6.65. The van der Waals surface area contributed by atoms with Crippen molar-refractivity contribution in [1.82, 2.24) is 9.97 Å². The zero-order chi connectivity index (χ0) is 19.8. The Hall–Kier alpha value is -3.62. The fraction of sp³-hybridized carbons (Fsp3) is 0.0870. The van der Waals surface area contributed by atoms with Crippen molar-refractivity contribution in [2.45, 2.75) is 6.04 Å². The fourth-order valence-corrected chi connectivity index (χ4v) is 4.05. The summed E-state index contributed by atoms with van der Waals surface area (Å²) in [7, 11) is 0. The number of halogens is 1. The molecule has 2 aromatic heterocycles. The predicted molar refractivity (Wildman–Crippen MR) is 112 cm³/mol. The van der Waals surface area contributed by atoms with E-state index in [1.54, 1.807) is 18.5 Å². The Morgan fingerprint density at radius 2 is 1.86 bits per heavy atom. The lowest BCUT2D eigenvalue weighted by Gasteiger charge is -2.38. The molecular formula is C23H15ClN4O. The van der Waals surface area contributed by atoms with Crippen LogP contribution in [0.1, 0.15) is 22.7 Å². The minimum absolute atomic E-state index is 0.263. The van der Waals surface area contributed by atoms with Gasteiger partial charge in [0, 0.05) is 23.3 Å². The third-order valence-electron chi connectivity index (χ3n) is 5.10. The molecule has 3 heterocycles. The quantitative estimate of drug-likeness (QED) is 0.470. The third kappa shape index (κ3) is 2.86. The standard InChI is InChI=1S/C23H15ClN4O/c24-20-16(13-25)5-3-7-17(20)22-18-10-9-15-6-4-12-27-21(15)23(18)29-14-28(22)19-8-1-2-11-26-19/h1-12,22H,14H2. The van der Waals surface area contributed by atoms with Gasteiger partial charge in [-0.25, -0.2) is 4.98 Å². The molecule has 5 rings (SSSR count). The lowest BCUT2D eigenvalue weighted by molar-refractivity contribution is 0.280. The number of hydrogen-bond acceptors (Lipinski definition) is 5. The Kier molecular flexibility index (Phi) is 4.27. The zero-order valence-electron chi connectivity index (χ0n) is 15.3. The van der Waals surface area contributed by atoms with Crippen molar-refractivity contribution >= 4 is 28.3 Å². The van der Waals surface area contributed by atoms with Gasteiger partial charge in [-0.15, -0.1) is 0 Å². The Balaban J connectivity index is 1.77. The molecule has 0 N–H and O–H groups in total. The highest BCUT2D eigenvalue weighted by Gasteiger charge is 2.34. The van der Waals surface area contributed by atoms with E-state index in [1.165, 1.54) is 0 Å². The SMILES string of the molecule is N#Cc1cccc(C2c3ccc4cccnc4c3OCN2c2ccccn2)c1Cl. The first kappa shape index (κ1) is 17.5. The van der Waals surface area contributed by atoms with Crippen LogP contribution >= 0.6 is 11.6 Å². The molecule has 2 aromatic carbocycles. The minimum Gasteiger partial charge on any atom is -0.470 e. The zero-order valence-corrected chi connectivity index (χ0v) is 16.0. The predicted octanol–water partition coefficient (Wildman–Crippen LogP) is 5.10. The maximum Gasteiger partial charge on any atom is 0.163 e. The summed E-state index contributed by atoms with van der Waals surface area (Å²) in [6, 6.07) is 21.2. The number of nitrogens with zero attached hydrogens (tertiary/aromatic N) is 4. The second kappa shape index (κ2) is 7.08. The second-order valence-electron chi connectivity index (χ2n) is 6.71. The first-order valence-electron chi connectivity index (χ1n) is 9.14. The van der Waals surface area contributed by atoms with Crippen LogP contribution in [0.5, 0.6) is 5.75 Å². The molecule has 4 aromatic rings. The van der Waals surface area contributed by atoms with Gasteiger partial charge in [0.15, 0.2) is 12.5 Å². The fourth-order valence-electron chi connectivity index (χ4n) is 3.78. The van der Waals surface area contributed by atoms with Crippen molar-refractivity contribution in [1.29, 1.82) is 5.26 Å². The van der Waals surface area contributed by atoms with Gasteiger partial charge in [0.05, 0.1) is 16.6 Å². The maximum atomic E-state index is 9.47. The van der Waals surface area contributed by atoms with E-state index < -0.39 is 0 Å². The third-order valence-corrected chi connectivity index (χ3v) is 5.52. The van der Waals surface area contributed by atoms with Gasteiger partial charge in [-0.05, 0) is 29.8 Å². The van der Waals surface area contributed by atoms with Crippen LogP contribution in [0.2, 0.25) is 5.02 Å². The molecule has 0 spiro atoms. The van der Waals surface area contributed by atoms with Gasteiger partial charge in [-0.1, -0.05) is 48.0 Å². The molecule has 0 bridgehead atoms. The molecule has 1 atom stereocenters. The molecule has 0 saturated heterocycles. The molecular weight excluding hydrogens is 384 g/mol. The summed E-state index contributed by atoms with van der Waals surface area (Å²) in [6.07, 6.45) is 3.51. The van der Waals surface area contributed by atoms with E-state index in [-0.39, 0.29) is 12.8 Å². The number of anilines is 1. The van der Waals surface area contributed by atoms with E-state index in [4.69, 9.17) is 16.3 Å². The van der Waals surface area contributed by atoms with Crippen LogP contribution in [0.3, 0.4) is 0 Å². The maximum absolute atomic E-state index is 9.47. The number of benzene rings is 2. The topological polar surface area (TPSA) is 62.0 Å². The van der Waals surface area contributed by atoms with Gasteiger partial charge >= 0.3 is 0 Å². The van der Waals surface area contributed by atoms with Gasteiger partial charge in [0.1, 0.15) is 17.4 Å². The number of fused-ring (bicyclic) bond motifs is 3. The summed E-state index contributed by atoms with van der Waals surface area (Å²) in [5.74, 6) is 1.50. The molecule has 1 aliphatic heterocycles. The van der Waals surface area contributed by atoms with Gasteiger partial charge in [-0.3, -0.25) is 4.98 Å². The van der Waals surface area contributed by atoms with Crippen LogP contribution in [-0.4, -0.2) is 16.7 Å². The van der Waals surface area contributed by atoms with Crippen molar-refractivity contribution in [2.24, 2.45) is 0 Å². The Morgan fingerprint density at radius 1 is 0.966 bits per heavy atom. The molecule has 1 aliphatic rings. The summed E-state index contributed by atoms with van der Waals surface area (Å²) in [5, 5.41) is 10.9. The lowest BCUT2D eigenvalue weighted by Crippen LogP contribution is -2.38. The number of hydrogen-bond donors (Lipinski definition) is 0. The van der Waals surface area contributed by atoms with Crippen LogP contribution in [0, 0.1) is 11.3 Å². The first-order chi connectivity index (χ1) is 14.3. The van der Waals surface area contributed by atoms with Crippen LogP contribution in [-0.2, 0) is 0 Å². The average Bonchev–Trinajstić information content (AvgIpc) is 2.79. The molecule has 0 saturated carbocycles. The largest absolute Gasteiger partial charge is 0.470 e. The molecule has 5 nitrogen and oxygen atoms in total. The molecule has 6 heteroatoms. The van der Waals surface area contributed by atoms with Crippen molar-refractivity contribution in [3.63, 3.8) is 0 Å². The van der Waals surface area contributed by atoms with E-state index >= 15 is 0 Å². The van der Waals surface area contributed by atoms with E-state index in [1.807, 2.05) is 59.5 Å². The Morgan fingerprint density at radius 3 is 2.69 bits per heavy atom. The molecule has 0 fully saturated rings. The van der Waals surface area contributed by atoms with Crippen LogP contribution < -0.4 is 9.64 Å². The Labute approximate surface area is 172 Å². The summed E-state index contributed by atoms with van der Waals surface area (Å²) < 4.78 is 6.17. The van der Waals surface area contributed by atoms with E-state index in [0.717, 1.165) is 33.6 Å². The van der Waals surface area contributed by atoms with Crippen LogP contribution in [0.15, 0.2) is 73.1 Å². The van der Waals surface area contributed by atoms with Crippen molar-refractivity contribution in [3.8, 4) is 11.8 Å². The molecule has 0 aliphatic carbocycles. The number of ether oxygens (including phenoxy) is 1. The highest BCUT2D eigenvalue weighted by Crippen LogP contribution is 2.45. The summed E-state index contributed by atoms with van der Waals surface area (Å²) in [5.41, 5.74) is 3.02. The van der Waals surface area contributed by atoms with Crippen molar-refractivity contribution in [2.75, 3.05) is 11.6 Å². The van der Waals surface area contributed by atoms with Crippen molar-refractivity contribution in [3.05, 3.63) is 94.8 Å². The summed E-state index contributed by atoms with van der Waals surface area (Å²) in [4.78, 5) is 11.1. The number of rotatable bonds is 2. The minimum atomic E-state index is -0.263. The number of nitriles is 1. The van der Waals surface area contributed by atoms with E-state index in [2.05, 4.69) is 16.0 Å². The molecule has 0 amide bonds. The number of pyridine rings is 2. The average molecular weight is 399 g/mol. The molecule has 29 heavy (non-hydrogen) atoms. The summed E-state index contributed by atoms with van der Waals surface area (Å²) in [6.45, 7) is 0.289. The normalized spacial score (nSPS) is 15.4. The Bertz CT molecular complexity index is 1250. The number of aromatic nitrogens is 2. The van der Waals surface area contributed by atoms with Crippen LogP contribution in [0.4, 0.5) is 5.82 Å². The molecule has 1 unspecified atom stereocenters. The highest BCUT2D eigenvalue weighted by atomic mass is 35.5. The van der Waals surface area contributed by atoms with Crippen molar-refractivity contribution < 1.29 is 4.74 Å². The van der Waals surface area contributed by atoms with Gasteiger partial charge in [-0.2, -0.15) is 5.26 Å². The monoisotopic (exact) mass is 398 g/mol. The lowest BCUT2D eigenvalue weighted by atomic mass is 9.93. The van der Waals surface area contributed by atoms with Gasteiger partial charge in [0.25, 0.3) is 0 Å². The molecule has 140 valence electrons.